The molecule has 0 saturated carbocycles. The Kier molecular flexibility index (Phi) is 7.57. The molecular weight excluding hydrogens is 468 g/mol. The van der Waals surface area contributed by atoms with Gasteiger partial charge in [-0.25, -0.2) is 9.79 Å². The van der Waals surface area contributed by atoms with Crippen LogP contribution in [-0.4, -0.2) is 40.7 Å². The summed E-state index contributed by atoms with van der Waals surface area (Å²) in [6.07, 6.45) is 2.62. The van der Waals surface area contributed by atoms with Gasteiger partial charge in [-0.3, -0.25) is 9.69 Å². The summed E-state index contributed by atoms with van der Waals surface area (Å²) in [7, 11) is 1.53. The second kappa shape index (κ2) is 11.0. The van der Waals surface area contributed by atoms with E-state index in [1.165, 1.54) is 24.9 Å². The van der Waals surface area contributed by atoms with Crippen LogP contribution in [0.1, 0.15) is 35.2 Å². The van der Waals surface area contributed by atoms with Gasteiger partial charge < -0.3 is 19.0 Å². The maximum absolute atomic E-state index is 13.1. The lowest BCUT2D eigenvalue weighted by Gasteiger charge is -2.13. The number of carbonyl (C=O) groups is 2. The van der Waals surface area contributed by atoms with E-state index in [4.69, 9.17) is 19.0 Å². The van der Waals surface area contributed by atoms with E-state index in [1.54, 1.807) is 29.2 Å². The first-order valence-corrected chi connectivity index (χ1v) is 11.8. The molecule has 0 bridgehead atoms. The highest BCUT2D eigenvalue weighted by molar-refractivity contribution is 8.18. The third kappa shape index (κ3) is 5.75. The smallest absolute Gasteiger partial charge is 0.371 e. The number of methoxy groups -OCH3 is 1. The third-order valence-electron chi connectivity index (χ3n) is 5.04. The highest BCUT2D eigenvalue weighted by Crippen LogP contribution is 2.36. The van der Waals surface area contributed by atoms with E-state index in [2.05, 4.69) is 4.99 Å². The SMILES string of the molecule is CCCN1C(=O)/C(=C/c2ccc(OCc3ccc(C(=O)O)o3)c(OC)c2)SC1=Nc1ccccc1. The quantitative estimate of drug-likeness (QED) is 0.389. The van der Waals surface area contributed by atoms with Gasteiger partial charge in [0.25, 0.3) is 5.91 Å². The summed E-state index contributed by atoms with van der Waals surface area (Å²) in [6.45, 7) is 2.65. The molecule has 0 unspecified atom stereocenters. The number of thioether (sulfide) groups is 1. The number of nitrogens with zero attached hydrogens (tertiary/aromatic N) is 2. The summed E-state index contributed by atoms with van der Waals surface area (Å²) in [5, 5.41) is 9.63. The van der Waals surface area contributed by atoms with Gasteiger partial charge in [0.2, 0.25) is 5.76 Å². The first-order valence-electron chi connectivity index (χ1n) is 11.0. The summed E-state index contributed by atoms with van der Waals surface area (Å²) >= 11 is 1.34. The minimum absolute atomic E-state index is 0.0453. The number of amidine groups is 1. The van der Waals surface area contributed by atoms with E-state index in [0.29, 0.717) is 33.9 Å². The fraction of sp³-hybridized carbons (Fsp3) is 0.192. The van der Waals surface area contributed by atoms with E-state index >= 15 is 0 Å². The minimum atomic E-state index is -1.14. The van der Waals surface area contributed by atoms with Crippen LogP contribution in [0.2, 0.25) is 0 Å². The summed E-state index contributed by atoms with van der Waals surface area (Å²) in [6, 6.07) is 17.8. The van der Waals surface area contributed by atoms with Gasteiger partial charge in [-0.05, 0) is 66.2 Å². The van der Waals surface area contributed by atoms with Gasteiger partial charge in [-0.2, -0.15) is 0 Å². The number of furan rings is 1. The highest BCUT2D eigenvalue weighted by Gasteiger charge is 2.32. The molecule has 1 amide bonds. The maximum Gasteiger partial charge on any atom is 0.371 e. The van der Waals surface area contributed by atoms with E-state index in [9.17, 15) is 9.59 Å². The average molecular weight is 493 g/mol. The number of hydrogen-bond donors (Lipinski definition) is 1. The van der Waals surface area contributed by atoms with E-state index < -0.39 is 5.97 Å². The number of benzene rings is 2. The Morgan fingerprint density at radius 1 is 1.14 bits per heavy atom. The summed E-state index contributed by atoms with van der Waals surface area (Å²) in [5.74, 6) is -0.0537. The van der Waals surface area contributed by atoms with Crippen molar-refractivity contribution in [1.29, 1.82) is 0 Å². The van der Waals surface area contributed by atoms with Crippen molar-refractivity contribution in [2.24, 2.45) is 4.99 Å². The fourth-order valence-corrected chi connectivity index (χ4v) is 4.41. The first-order chi connectivity index (χ1) is 17.0. The zero-order valence-electron chi connectivity index (χ0n) is 19.3. The molecule has 1 N–H and O–H groups in total. The second-order valence-corrected chi connectivity index (χ2v) is 8.58. The molecule has 9 heteroatoms. The standard InChI is InChI=1S/C26H24N2O6S/c1-3-13-28-24(29)23(35-26(28)27-18-7-5-4-6-8-18)15-17-9-11-20(22(14-17)32-2)33-16-19-10-12-21(34-19)25(30)31/h4-12,14-15H,3,13,16H2,1-2H3,(H,30,31)/b23-15-,27-26?. The molecule has 1 aliphatic rings. The number of ether oxygens (including phenoxy) is 2. The molecule has 0 radical (unpaired) electrons. The minimum Gasteiger partial charge on any atom is -0.493 e. The van der Waals surface area contributed by atoms with Crippen LogP contribution in [0.3, 0.4) is 0 Å². The van der Waals surface area contributed by atoms with E-state index in [0.717, 1.165) is 17.7 Å². The second-order valence-electron chi connectivity index (χ2n) is 7.57. The van der Waals surface area contributed by atoms with Crippen LogP contribution in [-0.2, 0) is 11.4 Å². The van der Waals surface area contributed by atoms with Crippen LogP contribution in [0.5, 0.6) is 11.5 Å². The molecule has 1 aliphatic heterocycles. The Balaban J connectivity index is 1.53. The van der Waals surface area contributed by atoms with Crippen molar-refractivity contribution in [3.63, 3.8) is 0 Å². The monoisotopic (exact) mass is 492 g/mol. The normalized spacial score (nSPS) is 15.7. The van der Waals surface area contributed by atoms with Gasteiger partial charge in [0.15, 0.2) is 16.7 Å². The van der Waals surface area contributed by atoms with Crippen LogP contribution in [0.15, 0.2) is 75.0 Å². The molecule has 35 heavy (non-hydrogen) atoms. The van der Waals surface area contributed by atoms with Crippen LogP contribution in [0.25, 0.3) is 6.08 Å². The number of aromatic carboxylic acids is 1. The van der Waals surface area contributed by atoms with E-state index in [-0.39, 0.29) is 18.3 Å². The lowest BCUT2D eigenvalue weighted by molar-refractivity contribution is -0.122. The van der Waals surface area contributed by atoms with Gasteiger partial charge in [-0.15, -0.1) is 0 Å². The predicted octanol–water partition coefficient (Wildman–Crippen LogP) is 5.58. The number of carboxylic acids is 1. The van der Waals surface area contributed by atoms with Gasteiger partial charge in [0, 0.05) is 6.54 Å². The van der Waals surface area contributed by atoms with Crippen LogP contribution >= 0.6 is 11.8 Å². The Morgan fingerprint density at radius 2 is 1.94 bits per heavy atom. The Morgan fingerprint density at radius 3 is 2.63 bits per heavy atom. The van der Waals surface area contributed by atoms with Crippen molar-refractivity contribution in [3.8, 4) is 11.5 Å². The lowest BCUT2D eigenvalue weighted by atomic mass is 10.2. The average Bonchev–Trinajstić information content (AvgIpc) is 3.45. The first kappa shape index (κ1) is 24.2. The zero-order chi connectivity index (χ0) is 24.8. The largest absolute Gasteiger partial charge is 0.493 e. The summed E-state index contributed by atoms with van der Waals surface area (Å²) < 4.78 is 16.4. The number of aliphatic imine (C=N–C) groups is 1. The Bertz CT molecular complexity index is 1280. The highest BCUT2D eigenvalue weighted by atomic mass is 32.2. The topological polar surface area (TPSA) is 102 Å². The zero-order valence-corrected chi connectivity index (χ0v) is 20.1. The van der Waals surface area contributed by atoms with Crippen LogP contribution in [0, 0.1) is 0 Å². The third-order valence-corrected chi connectivity index (χ3v) is 6.05. The van der Waals surface area contributed by atoms with Crippen LogP contribution < -0.4 is 9.47 Å². The molecule has 0 atom stereocenters. The molecule has 3 aromatic rings. The number of carbonyl (C=O) groups excluding carboxylic acids is 1. The van der Waals surface area contributed by atoms with Crippen molar-refractivity contribution in [2.75, 3.05) is 13.7 Å². The van der Waals surface area contributed by atoms with Crippen molar-refractivity contribution in [2.45, 2.75) is 20.0 Å². The van der Waals surface area contributed by atoms with Gasteiger partial charge >= 0.3 is 5.97 Å². The van der Waals surface area contributed by atoms with Crippen molar-refractivity contribution < 1.29 is 28.6 Å². The lowest BCUT2D eigenvalue weighted by Crippen LogP contribution is -2.29. The molecule has 2 heterocycles. The number of amides is 1. The Hall–Kier alpha value is -3.98. The molecule has 2 aromatic carbocycles. The predicted molar refractivity (Wildman–Crippen MR) is 134 cm³/mol. The summed E-state index contributed by atoms with van der Waals surface area (Å²) in [5.41, 5.74) is 1.56. The Labute approximate surface area is 206 Å². The summed E-state index contributed by atoms with van der Waals surface area (Å²) in [4.78, 5) is 31.0. The van der Waals surface area contributed by atoms with Gasteiger partial charge in [0.05, 0.1) is 17.7 Å². The molecule has 1 fully saturated rings. The molecule has 0 spiro atoms. The molecule has 1 aromatic heterocycles. The molecule has 8 nitrogen and oxygen atoms in total. The van der Waals surface area contributed by atoms with Crippen molar-refractivity contribution in [3.05, 3.63) is 82.7 Å². The van der Waals surface area contributed by atoms with Gasteiger partial charge in [0.1, 0.15) is 12.4 Å². The maximum atomic E-state index is 13.1. The van der Waals surface area contributed by atoms with E-state index in [1.807, 2.05) is 43.3 Å². The van der Waals surface area contributed by atoms with Gasteiger partial charge in [-0.1, -0.05) is 31.2 Å². The molecule has 180 valence electrons. The number of carboxylic acid groups (broad SMARTS) is 1. The van der Waals surface area contributed by atoms with Crippen molar-refractivity contribution >= 4 is 40.6 Å². The molecule has 0 aliphatic carbocycles. The van der Waals surface area contributed by atoms with Crippen molar-refractivity contribution in [1.82, 2.24) is 4.90 Å². The number of para-hydroxylation sites is 1. The number of rotatable bonds is 9. The molecule has 4 rings (SSSR count). The fourth-order valence-electron chi connectivity index (χ4n) is 3.39. The number of hydrogen-bond acceptors (Lipinski definition) is 7. The van der Waals surface area contributed by atoms with Crippen LogP contribution in [0.4, 0.5) is 5.69 Å². The molecular formula is C26H24N2O6S. The molecule has 1 saturated heterocycles.